The van der Waals surface area contributed by atoms with Crippen molar-refractivity contribution in [3.05, 3.63) is 58.9 Å². The fourth-order valence-electron chi connectivity index (χ4n) is 1.54. The maximum atomic E-state index is 12.3. The molecule has 0 amide bonds. The summed E-state index contributed by atoms with van der Waals surface area (Å²) >= 11 is 5.88. The van der Waals surface area contributed by atoms with Gasteiger partial charge in [-0.2, -0.15) is 8.78 Å². The van der Waals surface area contributed by atoms with Crippen LogP contribution >= 0.6 is 11.6 Å². The number of carbonyl (C=O) groups excluding carboxylic acids is 1. The first-order chi connectivity index (χ1) is 9.09. The van der Waals surface area contributed by atoms with Gasteiger partial charge in [0.05, 0.1) is 10.6 Å². The van der Waals surface area contributed by atoms with Crippen molar-refractivity contribution in [1.29, 1.82) is 0 Å². The molecule has 0 aliphatic heterocycles. The number of halogens is 3. The molecule has 0 aliphatic carbocycles. The summed E-state index contributed by atoms with van der Waals surface area (Å²) < 4.78 is 28.9. The monoisotopic (exact) mass is 283 g/mol. The molecule has 19 heavy (non-hydrogen) atoms. The van der Waals surface area contributed by atoms with Gasteiger partial charge in [0.15, 0.2) is 0 Å². The Hall–Kier alpha value is -2.01. The van der Waals surface area contributed by atoms with Crippen LogP contribution in [0.25, 0.3) is 0 Å². The van der Waals surface area contributed by atoms with Crippen molar-refractivity contribution in [2.75, 3.05) is 0 Å². The first kappa shape index (κ1) is 13.4. The molecule has 0 saturated heterocycles. The zero-order chi connectivity index (χ0) is 13.8. The molecule has 98 valence electrons. The Morgan fingerprint density at radius 2 is 2.00 bits per heavy atom. The van der Waals surface area contributed by atoms with Crippen molar-refractivity contribution in [1.82, 2.24) is 4.98 Å². The van der Waals surface area contributed by atoms with Crippen LogP contribution in [0.5, 0.6) is 5.75 Å². The number of aromatic nitrogens is 1. The van der Waals surface area contributed by atoms with E-state index in [1.165, 1.54) is 30.5 Å². The van der Waals surface area contributed by atoms with E-state index in [-0.39, 0.29) is 22.0 Å². The number of carbonyl (C=O) groups is 1. The van der Waals surface area contributed by atoms with E-state index in [1.54, 1.807) is 12.1 Å². The van der Waals surface area contributed by atoms with E-state index in [0.717, 1.165) is 0 Å². The number of ether oxygens (including phenoxy) is 1. The number of hydrogen-bond acceptors (Lipinski definition) is 3. The van der Waals surface area contributed by atoms with Crippen molar-refractivity contribution in [2.45, 2.75) is 6.61 Å². The Morgan fingerprint density at radius 3 is 2.63 bits per heavy atom. The van der Waals surface area contributed by atoms with Gasteiger partial charge in [-0.3, -0.25) is 9.78 Å². The first-order valence-corrected chi connectivity index (χ1v) is 5.66. The number of pyridine rings is 1. The van der Waals surface area contributed by atoms with Gasteiger partial charge in [-0.1, -0.05) is 23.7 Å². The molecule has 0 radical (unpaired) electrons. The summed E-state index contributed by atoms with van der Waals surface area (Å²) in [5.74, 6) is -0.833. The lowest BCUT2D eigenvalue weighted by molar-refractivity contribution is -0.0501. The minimum absolute atomic E-state index is 0.0359. The smallest absolute Gasteiger partial charge is 0.387 e. The van der Waals surface area contributed by atoms with Gasteiger partial charge in [0, 0.05) is 6.20 Å². The van der Waals surface area contributed by atoms with E-state index in [0.29, 0.717) is 0 Å². The van der Waals surface area contributed by atoms with Crippen LogP contribution in [0.15, 0.2) is 42.6 Å². The molecule has 1 heterocycles. The van der Waals surface area contributed by atoms with Gasteiger partial charge in [0.2, 0.25) is 5.78 Å². The topological polar surface area (TPSA) is 39.2 Å². The number of ketones is 1. The van der Waals surface area contributed by atoms with Gasteiger partial charge >= 0.3 is 6.61 Å². The third-order valence-corrected chi connectivity index (χ3v) is 2.63. The lowest BCUT2D eigenvalue weighted by Gasteiger charge is -2.10. The molecule has 1 aromatic heterocycles. The number of rotatable bonds is 4. The Balaban J connectivity index is 2.46. The van der Waals surface area contributed by atoms with Gasteiger partial charge < -0.3 is 4.74 Å². The van der Waals surface area contributed by atoms with Crippen LogP contribution in [0.1, 0.15) is 16.1 Å². The molecule has 0 saturated carbocycles. The molecular formula is C13H8ClF2NO2. The van der Waals surface area contributed by atoms with Crippen molar-refractivity contribution in [3.63, 3.8) is 0 Å². The predicted octanol–water partition coefficient (Wildman–Crippen LogP) is 3.57. The highest BCUT2D eigenvalue weighted by Crippen LogP contribution is 2.29. The summed E-state index contributed by atoms with van der Waals surface area (Å²) in [4.78, 5) is 16.1. The van der Waals surface area contributed by atoms with Crippen LogP contribution in [-0.2, 0) is 0 Å². The molecule has 2 aromatic rings. The Morgan fingerprint density at radius 1 is 1.21 bits per heavy atom. The third-order valence-electron chi connectivity index (χ3n) is 2.32. The molecular weight excluding hydrogens is 276 g/mol. The highest BCUT2D eigenvalue weighted by atomic mass is 35.5. The van der Waals surface area contributed by atoms with Gasteiger partial charge in [-0.15, -0.1) is 0 Å². The highest BCUT2D eigenvalue weighted by Gasteiger charge is 2.21. The largest absolute Gasteiger partial charge is 0.434 e. The van der Waals surface area contributed by atoms with Crippen LogP contribution < -0.4 is 4.74 Å². The second-order valence-electron chi connectivity index (χ2n) is 3.54. The molecule has 3 nitrogen and oxygen atoms in total. The van der Waals surface area contributed by atoms with Crippen molar-refractivity contribution in [2.24, 2.45) is 0 Å². The van der Waals surface area contributed by atoms with Gasteiger partial charge in [-0.25, -0.2) is 0 Å². The zero-order valence-corrected chi connectivity index (χ0v) is 10.3. The highest BCUT2D eigenvalue weighted by molar-refractivity contribution is 6.35. The minimum Gasteiger partial charge on any atom is -0.434 e. The van der Waals surface area contributed by atoms with E-state index >= 15 is 0 Å². The lowest BCUT2D eigenvalue weighted by Crippen LogP contribution is -2.10. The normalized spacial score (nSPS) is 10.5. The van der Waals surface area contributed by atoms with Crippen LogP contribution in [0.2, 0.25) is 5.02 Å². The van der Waals surface area contributed by atoms with Crippen molar-refractivity contribution in [3.8, 4) is 5.75 Å². The minimum atomic E-state index is -3.03. The zero-order valence-electron chi connectivity index (χ0n) is 9.52. The molecule has 0 unspecified atom stereocenters. The van der Waals surface area contributed by atoms with E-state index in [9.17, 15) is 13.6 Å². The summed E-state index contributed by atoms with van der Waals surface area (Å²) in [7, 11) is 0. The van der Waals surface area contributed by atoms with E-state index < -0.39 is 12.4 Å². The fourth-order valence-corrected chi connectivity index (χ4v) is 1.80. The summed E-state index contributed by atoms with van der Waals surface area (Å²) in [5, 5.41) is 0.0359. The van der Waals surface area contributed by atoms with Crippen LogP contribution in [-0.4, -0.2) is 17.4 Å². The number of benzene rings is 1. The number of alkyl halides is 2. The Labute approximate surface area is 112 Å². The van der Waals surface area contributed by atoms with Crippen LogP contribution in [0.3, 0.4) is 0 Å². The summed E-state index contributed by atoms with van der Waals surface area (Å²) in [6.45, 7) is -3.03. The van der Waals surface area contributed by atoms with Gasteiger partial charge in [-0.05, 0) is 24.3 Å². The van der Waals surface area contributed by atoms with Crippen LogP contribution in [0, 0.1) is 0 Å². The number of hydrogen-bond donors (Lipinski definition) is 0. The third kappa shape index (κ3) is 3.06. The molecule has 0 atom stereocenters. The average molecular weight is 284 g/mol. The lowest BCUT2D eigenvalue weighted by atomic mass is 10.1. The molecule has 6 heteroatoms. The molecule has 2 rings (SSSR count). The second-order valence-corrected chi connectivity index (χ2v) is 3.94. The SMILES string of the molecule is O=C(c1ccccn1)c1c(Cl)cccc1OC(F)F. The van der Waals surface area contributed by atoms with Gasteiger partial charge in [0.25, 0.3) is 0 Å². The van der Waals surface area contributed by atoms with Crippen LogP contribution in [0.4, 0.5) is 8.78 Å². The molecule has 0 fully saturated rings. The fraction of sp³-hybridized carbons (Fsp3) is 0.0769. The Kier molecular flexibility index (Phi) is 4.06. The molecule has 1 aromatic carbocycles. The standard InChI is InChI=1S/C13H8ClF2NO2/c14-8-4-3-6-10(19-13(15)16)11(8)12(18)9-5-1-2-7-17-9/h1-7,13H. The molecule has 0 bridgehead atoms. The summed E-state index contributed by atoms with van der Waals surface area (Å²) in [5.41, 5.74) is -0.0158. The van der Waals surface area contributed by atoms with Crippen molar-refractivity contribution < 1.29 is 18.3 Å². The first-order valence-electron chi connectivity index (χ1n) is 5.28. The molecule has 0 spiro atoms. The maximum Gasteiger partial charge on any atom is 0.387 e. The average Bonchev–Trinajstić information content (AvgIpc) is 2.38. The van der Waals surface area contributed by atoms with Gasteiger partial charge in [0.1, 0.15) is 11.4 Å². The molecule has 0 aliphatic rings. The number of nitrogens with zero attached hydrogens (tertiary/aromatic N) is 1. The van der Waals surface area contributed by atoms with E-state index in [2.05, 4.69) is 9.72 Å². The summed E-state index contributed by atoms with van der Waals surface area (Å²) in [6, 6.07) is 8.84. The maximum absolute atomic E-state index is 12.3. The second kappa shape index (κ2) is 5.75. The van der Waals surface area contributed by atoms with Crippen molar-refractivity contribution >= 4 is 17.4 Å². The summed E-state index contributed by atoms with van der Waals surface area (Å²) in [6.07, 6.45) is 1.43. The van der Waals surface area contributed by atoms with E-state index in [4.69, 9.17) is 11.6 Å². The predicted molar refractivity (Wildman–Crippen MR) is 65.8 cm³/mol. The molecule has 0 N–H and O–H groups in total. The quantitative estimate of drug-likeness (QED) is 0.805. The Bertz CT molecular complexity index is 590. The van der Waals surface area contributed by atoms with E-state index in [1.807, 2.05) is 0 Å².